The van der Waals surface area contributed by atoms with Gasteiger partial charge in [0.25, 0.3) is 0 Å². The van der Waals surface area contributed by atoms with Crippen molar-refractivity contribution in [3.63, 3.8) is 0 Å². The number of sulfonamides is 1. The largest absolute Gasteiger partial charge is 0.369 e. The van der Waals surface area contributed by atoms with E-state index in [0.717, 1.165) is 48.0 Å². The van der Waals surface area contributed by atoms with Crippen LogP contribution in [0.1, 0.15) is 17.2 Å². The molecule has 1 aliphatic heterocycles. The maximum atomic E-state index is 12.9. The molecule has 7 heteroatoms. The van der Waals surface area contributed by atoms with Crippen molar-refractivity contribution in [3.8, 4) is 0 Å². The van der Waals surface area contributed by atoms with Crippen molar-refractivity contribution in [2.75, 3.05) is 37.6 Å². The average molecular weight is 470 g/mol. The zero-order valence-electron chi connectivity index (χ0n) is 18.1. The predicted octanol–water partition coefficient (Wildman–Crippen LogP) is 4.49. The SMILES string of the molecule is Cc1ccc(S(=O)(=O)NC[C@H](c2ccccc2)N2CCN(c3cccc(Cl)c3)CC2)cc1. The third-order valence-corrected chi connectivity index (χ3v) is 7.59. The lowest BCUT2D eigenvalue weighted by molar-refractivity contribution is 0.187. The summed E-state index contributed by atoms with van der Waals surface area (Å²) < 4.78 is 28.6. The van der Waals surface area contributed by atoms with Crippen LogP contribution in [-0.4, -0.2) is 46.0 Å². The van der Waals surface area contributed by atoms with E-state index in [9.17, 15) is 8.42 Å². The van der Waals surface area contributed by atoms with Gasteiger partial charge in [0.05, 0.1) is 4.90 Å². The summed E-state index contributed by atoms with van der Waals surface area (Å²) in [6.07, 6.45) is 0. The van der Waals surface area contributed by atoms with Crippen molar-refractivity contribution < 1.29 is 8.42 Å². The second-order valence-corrected chi connectivity index (χ2v) is 10.3. The normalized spacial score (nSPS) is 16.1. The van der Waals surface area contributed by atoms with Gasteiger partial charge >= 0.3 is 0 Å². The number of nitrogens with zero attached hydrogens (tertiary/aromatic N) is 2. The van der Waals surface area contributed by atoms with Crippen LogP contribution in [0.4, 0.5) is 5.69 Å². The Morgan fingerprint density at radius 3 is 2.25 bits per heavy atom. The molecule has 1 heterocycles. The number of aryl methyl sites for hydroxylation is 1. The lowest BCUT2D eigenvalue weighted by Crippen LogP contribution is -2.49. The first-order chi connectivity index (χ1) is 15.4. The quantitative estimate of drug-likeness (QED) is 0.554. The molecule has 32 heavy (non-hydrogen) atoms. The second-order valence-electron chi connectivity index (χ2n) is 8.09. The van der Waals surface area contributed by atoms with Gasteiger partial charge in [0, 0.05) is 49.5 Å². The van der Waals surface area contributed by atoms with E-state index >= 15 is 0 Å². The van der Waals surface area contributed by atoms with Crippen molar-refractivity contribution in [3.05, 3.63) is 95.0 Å². The number of benzene rings is 3. The Labute approximate surface area is 195 Å². The van der Waals surface area contributed by atoms with Gasteiger partial charge in [-0.1, -0.05) is 65.7 Å². The summed E-state index contributed by atoms with van der Waals surface area (Å²) in [7, 11) is -3.58. The Morgan fingerprint density at radius 1 is 0.906 bits per heavy atom. The molecule has 0 aromatic heterocycles. The minimum Gasteiger partial charge on any atom is -0.369 e. The minimum absolute atomic E-state index is 0.0436. The molecule has 1 N–H and O–H groups in total. The molecule has 0 saturated carbocycles. The molecule has 1 atom stereocenters. The van der Waals surface area contributed by atoms with Gasteiger partial charge in [-0.2, -0.15) is 0 Å². The summed E-state index contributed by atoms with van der Waals surface area (Å²) in [6, 6.07) is 24.9. The summed E-state index contributed by atoms with van der Waals surface area (Å²) >= 11 is 6.16. The molecule has 3 aromatic rings. The number of piperazine rings is 1. The van der Waals surface area contributed by atoms with Gasteiger partial charge in [-0.3, -0.25) is 4.90 Å². The van der Waals surface area contributed by atoms with E-state index in [0.29, 0.717) is 11.4 Å². The van der Waals surface area contributed by atoms with Gasteiger partial charge in [0.15, 0.2) is 0 Å². The van der Waals surface area contributed by atoms with E-state index in [-0.39, 0.29) is 6.04 Å². The third-order valence-electron chi connectivity index (χ3n) is 5.91. The Morgan fingerprint density at radius 2 is 1.59 bits per heavy atom. The molecule has 0 unspecified atom stereocenters. The zero-order chi connectivity index (χ0) is 22.6. The third kappa shape index (κ3) is 5.51. The minimum atomic E-state index is -3.58. The smallest absolute Gasteiger partial charge is 0.240 e. The number of hydrogen-bond acceptors (Lipinski definition) is 4. The average Bonchev–Trinajstić information content (AvgIpc) is 2.80. The molecule has 0 aliphatic carbocycles. The highest BCUT2D eigenvalue weighted by molar-refractivity contribution is 7.89. The van der Waals surface area contributed by atoms with E-state index in [4.69, 9.17) is 11.6 Å². The van der Waals surface area contributed by atoms with Crippen molar-refractivity contribution in [2.45, 2.75) is 17.9 Å². The zero-order valence-corrected chi connectivity index (χ0v) is 19.7. The van der Waals surface area contributed by atoms with Gasteiger partial charge in [0.1, 0.15) is 0 Å². The fourth-order valence-corrected chi connectivity index (χ4v) is 5.31. The van der Waals surface area contributed by atoms with Crippen molar-refractivity contribution in [1.29, 1.82) is 0 Å². The fraction of sp³-hybridized carbons (Fsp3) is 0.280. The van der Waals surface area contributed by atoms with Crippen molar-refractivity contribution in [2.24, 2.45) is 0 Å². The molecule has 0 amide bonds. The number of halogens is 1. The maximum absolute atomic E-state index is 12.9. The van der Waals surface area contributed by atoms with Crippen LogP contribution in [0.15, 0.2) is 83.8 Å². The topological polar surface area (TPSA) is 52.7 Å². The Hall–Kier alpha value is -2.38. The summed E-state index contributed by atoms with van der Waals surface area (Å²) in [5.74, 6) is 0. The van der Waals surface area contributed by atoms with Crippen LogP contribution >= 0.6 is 11.6 Å². The van der Waals surface area contributed by atoms with Crippen molar-refractivity contribution in [1.82, 2.24) is 9.62 Å². The Kier molecular flexibility index (Phi) is 7.16. The monoisotopic (exact) mass is 469 g/mol. The van der Waals surface area contributed by atoms with Crippen LogP contribution in [0.25, 0.3) is 0 Å². The molecule has 4 rings (SSSR count). The Balaban J connectivity index is 1.48. The number of anilines is 1. The number of nitrogens with one attached hydrogen (secondary N) is 1. The molecule has 1 aliphatic rings. The van der Waals surface area contributed by atoms with Crippen LogP contribution in [0.5, 0.6) is 0 Å². The molecule has 0 bridgehead atoms. The van der Waals surface area contributed by atoms with Gasteiger partial charge in [-0.15, -0.1) is 0 Å². The Bertz CT molecular complexity index is 1130. The molecular formula is C25H28ClN3O2S. The number of rotatable bonds is 7. The predicted molar refractivity (Wildman–Crippen MR) is 131 cm³/mol. The van der Waals surface area contributed by atoms with E-state index < -0.39 is 10.0 Å². The van der Waals surface area contributed by atoms with Crippen LogP contribution in [-0.2, 0) is 10.0 Å². The van der Waals surface area contributed by atoms with Crippen LogP contribution < -0.4 is 9.62 Å². The maximum Gasteiger partial charge on any atom is 0.240 e. The first-order valence-electron chi connectivity index (χ1n) is 10.8. The second kappa shape index (κ2) is 10.0. The van der Waals surface area contributed by atoms with Crippen LogP contribution in [0.2, 0.25) is 5.02 Å². The highest BCUT2D eigenvalue weighted by atomic mass is 35.5. The molecule has 0 spiro atoms. The lowest BCUT2D eigenvalue weighted by Gasteiger charge is -2.40. The fourth-order valence-electron chi connectivity index (χ4n) is 4.09. The number of hydrogen-bond donors (Lipinski definition) is 1. The molecule has 168 valence electrons. The molecule has 1 saturated heterocycles. The summed E-state index contributed by atoms with van der Waals surface area (Å²) in [5, 5.41) is 0.734. The van der Waals surface area contributed by atoms with Gasteiger partial charge in [-0.25, -0.2) is 13.1 Å². The summed E-state index contributed by atoms with van der Waals surface area (Å²) in [5.41, 5.74) is 3.26. The summed E-state index contributed by atoms with van der Waals surface area (Å²) in [6.45, 7) is 5.63. The van der Waals surface area contributed by atoms with Gasteiger partial charge < -0.3 is 4.90 Å². The molecule has 5 nitrogen and oxygen atoms in total. The van der Waals surface area contributed by atoms with E-state index in [1.54, 1.807) is 12.1 Å². The first-order valence-corrected chi connectivity index (χ1v) is 12.6. The first kappa shape index (κ1) is 22.8. The molecular weight excluding hydrogens is 442 g/mol. The van der Waals surface area contributed by atoms with E-state index in [2.05, 4.69) is 32.7 Å². The standard InChI is InChI=1S/C25H28ClN3O2S/c1-20-10-12-24(13-11-20)32(30,31)27-19-25(21-6-3-2-4-7-21)29-16-14-28(15-17-29)23-9-5-8-22(26)18-23/h2-13,18,25,27H,14-17,19H2,1H3/t25-/m1/s1. The van der Waals surface area contributed by atoms with E-state index in [1.807, 2.05) is 55.5 Å². The van der Waals surface area contributed by atoms with Crippen LogP contribution in [0, 0.1) is 6.92 Å². The van der Waals surface area contributed by atoms with Crippen molar-refractivity contribution >= 4 is 27.3 Å². The van der Waals surface area contributed by atoms with Gasteiger partial charge in [-0.05, 0) is 42.8 Å². The van der Waals surface area contributed by atoms with Gasteiger partial charge in [0.2, 0.25) is 10.0 Å². The summed E-state index contributed by atoms with van der Waals surface area (Å²) in [4.78, 5) is 4.97. The highest BCUT2D eigenvalue weighted by Gasteiger charge is 2.27. The molecule has 0 radical (unpaired) electrons. The highest BCUT2D eigenvalue weighted by Crippen LogP contribution is 2.26. The van der Waals surface area contributed by atoms with Crippen LogP contribution in [0.3, 0.4) is 0 Å². The molecule has 1 fully saturated rings. The lowest BCUT2D eigenvalue weighted by atomic mass is 10.0. The molecule has 3 aromatic carbocycles. The van der Waals surface area contributed by atoms with E-state index in [1.165, 1.54) is 0 Å².